The van der Waals surface area contributed by atoms with E-state index in [9.17, 15) is 14.0 Å². The van der Waals surface area contributed by atoms with Gasteiger partial charge in [0.15, 0.2) is 0 Å². The van der Waals surface area contributed by atoms with Gasteiger partial charge >= 0.3 is 5.97 Å². The minimum Gasteiger partial charge on any atom is -0.478 e. The summed E-state index contributed by atoms with van der Waals surface area (Å²) in [4.78, 5) is 28.1. The third kappa shape index (κ3) is 3.72. The lowest BCUT2D eigenvalue weighted by Gasteiger charge is -2.04. The summed E-state index contributed by atoms with van der Waals surface area (Å²) in [5, 5.41) is 12.2. The standard InChI is InChI=1S/C18H13FN2O3S/c1-10-15(25-17(20-10)11-2-6-13(19)7-3-11)16(22)21-14-8-4-12(5-9-14)18(23)24/h2-9H,1H3,(H,21,22)(H,23,24). The van der Waals surface area contributed by atoms with Gasteiger partial charge in [-0.25, -0.2) is 14.2 Å². The van der Waals surface area contributed by atoms with E-state index in [1.165, 1.54) is 47.7 Å². The maximum absolute atomic E-state index is 13.0. The van der Waals surface area contributed by atoms with Crippen LogP contribution >= 0.6 is 11.3 Å². The number of thiazole rings is 1. The molecule has 0 aliphatic carbocycles. The Bertz CT molecular complexity index is 934. The van der Waals surface area contributed by atoms with Gasteiger partial charge in [0.25, 0.3) is 5.91 Å². The summed E-state index contributed by atoms with van der Waals surface area (Å²) in [6.45, 7) is 1.73. The summed E-state index contributed by atoms with van der Waals surface area (Å²) in [5.41, 5.74) is 1.94. The van der Waals surface area contributed by atoms with Crippen molar-refractivity contribution in [1.29, 1.82) is 0 Å². The maximum atomic E-state index is 13.0. The van der Waals surface area contributed by atoms with Crippen LogP contribution in [0.25, 0.3) is 10.6 Å². The molecular formula is C18H13FN2O3S. The fourth-order valence-corrected chi connectivity index (χ4v) is 3.17. The van der Waals surface area contributed by atoms with Crippen LogP contribution in [0.3, 0.4) is 0 Å². The Morgan fingerprint density at radius 2 is 1.72 bits per heavy atom. The number of anilines is 1. The number of hydrogen-bond acceptors (Lipinski definition) is 4. The molecule has 2 aromatic carbocycles. The van der Waals surface area contributed by atoms with Gasteiger partial charge in [0, 0.05) is 11.3 Å². The van der Waals surface area contributed by atoms with Crippen molar-refractivity contribution in [2.24, 2.45) is 0 Å². The number of hydrogen-bond donors (Lipinski definition) is 2. The molecule has 25 heavy (non-hydrogen) atoms. The molecule has 0 aliphatic rings. The summed E-state index contributed by atoms with van der Waals surface area (Å²) in [6, 6.07) is 11.8. The Labute approximate surface area is 146 Å². The Morgan fingerprint density at radius 3 is 2.32 bits per heavy atom. The van der Waals surface area contributed by atoms with E-state index in [1.54, 1.807) is 19.1 Å². The first kappa shape index (κ1) is 16.8. The van der Waals surface area contributed by atoms with E-state index < -0.39 is 5.97 Å². The van der Waals surface area contributed by atoms with Crippen molar-refractivity contribution in [2.45, 2.75) is 6.92 Å². The lowest BCUT2D eigenvalue weighted by Crippen LogP contribution is -2.11. The molecule has 0 unspecified atom stereocenters. The van der Waals surface area contributed by atoms with Gasteiger partial charge < -0.3 is 10.4 Å². The van der Waals surface area contributed by atoms with Gasteiger partial charge in [-0.3, -0.25) is 4.79 Å². The van der Waals surface area contributed by atoms with Crippen molar-refractivity contribution in [3.8, 4) is 10.6 Å². The first-order valence-electron chi connectivity index (χ1n) is 7.32. The fourth-order valence-electron chi connectivity index (χ4n) is 2.21. The SMILES string of the molecule is Cc1nc(-c2ccc(F)cc2)sc1C(=O)Nc1ccc(C(=O)O)cc1. The number of nitrogens with zero attached hydrogens (tertiary/aromatic N) is 1. The number of carbonyl (C=O) groups is 2. The zero-order chi connectivity index (χ0) is 18.0. The number of halogens is 1. The van der Waals surface area contributed by atoms with Crippen molar-refractivity contribution >= 4 is 28.9 Å². The van der Waals surface area contributed by atoms with Crippen LogP contribution in [-0.4, -0.2) is 22.0 Å². The monoisotopic (exact) mass is 356 g/mol. The van der Waals surface area contributed by atoms with Gasteiger partial charge in [0.1, 0.15) is 15.7 Å². The molecule has 3 rings (SSSR count). The van der Waals surface area contributed by atoms with E-state index in [4.69, 9.17) is 5.11 Å². The molecule has 0 aliphatic heterocycles. The van der Waals surface area contributed by atoms with Crippen molar-refractivity contribution in [1.82, 2.24) is 4.98 Å². The third-order valence-electron chi connectivity index (χ3n) is 3.48. The summed E-state index contributed by atoms with van der Waals surface area (Å²) < 4.78 is 13.0. The first-order valence-corrected chi connectivity index (χ1v) is 8.14. The van der Waals surface area contributed by atoms with Crippen LogP contribution in [0.5, 0.6) is 0 Å². The molecule has 7 heteroatoms. The summed E-state index contributed by atoms with van der Waals surface area (Å²) >= 11 is 1.21. The predicted octanol–water partition coefficient (Wildman–Crippen LogP) is 4.21. The molecule has 1 aromatic heterocycles. The van der Waals surface area contributed by atoms with Gasteiger partial charge in [-0.1, -0.05) is 0 Å². The van der Waals surface area contributed by atoms with Gasteiger partial charge in [-0.15, -0.1) is 11.3 Å². The lowest BCUT2D eigenvalue weighted by atomic mass is 10.2. The number of aromatic nitrogens is 1. The zero-order valence-corrected chi connectivity index (χ0v) is 13.9. The number of aromatic carboxylic acids is 1. The molecule has 0 spiro atoms. The number of carbonyl (C=O) groups excluding carboxylic acids is 1. The highest BCUT2D eigenvalue weighted by molar-refractivity contribution is 7.17. The van der Waals surface area contributed by atoms with Crippen LogP contribution < -0.4 is 5.32 Å². The minimum absolute atomic E-state index is 0.144. The molecule has 3 aromatic rings. The molecule has 0 fully saturated rings. The van der Waals surface area contributed by atoms with E-state index in [-0.39, 0.29) is 17.3 Å². The second-order valence-corrected chi connectivity index (χ2v) is 6.28. The summed E-state index contributed by atoms with van der Waals surface area (Å²) in [5.74, 6) is -1.69. The largest absolute Gasteiger partial charge is 0.478 e. The van der Waals surface area contributed by atoms with Crippen LogP contribution in [0.15, 0.2) is 48.5 Å². The number of carboxylic acids is 1. The first-order chi connectivity index (χ1) is 11.9. The molecular weight excluding hydrogens is 343 g/mol. The topological polar surface area (TPSA) is 79.3 Å². The summed E-state index contributed by atoms with van der Waals surface area (Å²) in [7, 11) is 0. The fraction of sp³-hybridized carbons (Fsp3) is 0.0556. The Kier molecular flexibility index (Phi) is 4.58. The average Bonchev–Trinajstić information content (AvgIpc) is 2.98. The van der Waals surface area contributed by atoms with Crippen LogP contribution in [0.4, 0.5) is 10.1 Å². The Hall–Kier alpha value is -3.06. The van der Waals surface area contributed by atoms with E-state index in [2.05, 4.69) is 10.3 Å². The molecule has 2 N–H and O–H groups in total. The number of carboxylic acid groups (broad SMARTS) is 1. The minimum atomic E-state index is -1.03. The van der Waals surface area contributed by atoms with Crippen LogP contribution in [0, 0.1) is 12.7 Å². The molecule has 0 saturated carbocycles. The van der Waals surface area contributed by atoms with Crippen molar-refractivity contribution in [3.63, 3.8) is 0 Å². The van der Waals surface area contributed by atoms with Crippen LogP contribution in [0.1, 0.15) is 25.7 Å². The molecule has 1 amide bonds. The third-order valence-corrected chi connectivity index (χ3v) is 4.69. The molecule has 0 radical (unpaired) electrons. The number of nitrogens with one attached hydrogen (secondary N) is 1. The van der Waals surface area contributed by atoms with E-state index in [0.29, 0.717) is 21.3 Å². The van der Waals surface area contributed by atoms with Gasteiger partial charge in [-0.2, -0.15) is 0 Å². The highest BCUT2D eigenvalue weighted by Crippen LogP contribution is 2.28. The molecule has 126 valence electrons. The lowest BCUT2D eigenvalue weighted by molar-refractivity contribution is 0.0696. The van der Waals surface area contributed by atoms with Gasteiger partial charge in [0.05, 0.1) is 11.3 Å². The second kappa shape index (κ2) is 6.82. The van der Waals surface area contributed by atoms with E-state index >= 15 is 0 Å². The predicted molar refractivity (Wildman–Crippen MR) is 93.6 cm³/mol. The molecule has 0 atom stereocenters. The molecule has 1 heterocycles. The molecule has 0 bridgehead atoms. The van der Waals surface area contributed by atoms with Crippen molar-refractivity contribution < 1.29 is 19.1 Å². The average molecular weight is 356 g/mol. The number of benzene rings is 2. The molecule has 5 nitrogen and oxygen atoms in total. The quantitative estimate of drug-likeness (QED) is 0.734. The Balaban J connectivity index is 1.80. The Morgan fingerprint density at radius 1 is 1.08 bits per heavy atom. The summed E-state index contributed by atoms with van der Waals surface area (Å²) in [6.07, 6.45) is 0. The van der Waals surface area contributed by atoms with Gasteiger partial charge in [-0.05, 0) is 55.5 Å². The number of aryl methyl sites for hydroxylation is 1. The second-order valence-electron chi connectivity index (χ2n) is 5.28. The highest BCUT2D eigenvalue weighted by atomic mass is 32.1. The zero-order valence-electron chi connectivity index (χ0n) is 13.1. The number of amides is 1. The van der Waals surface area contributed by atoms with Crippen LogP contribution in [0.2, 0.25) is 0 Å². The molecule has 0 saturated heterocycles. The normalized spacial score (nSPS) is 10.5. The smallest absolute Gasteiger partial charge is 0.335 e. The van der Waals surface area contributed by atoms with Crippen LogP contribution in [-0.2, 0) is 0 Å². The van der Waals surface area contributed by atoms with E-state index in [1.807, 2.05) is 0 Å². The van der Waals surface area contributed by atoms with Crippen molar-refractivity contribution in [2.75, 3.05) is 5.32 Å². The van der Waals surface area contributed by atoms with E-state index in [0.717, 1.165) is 5.56 Å². The highest BCUT2D eigenvalue weighted by Gasteiger charge is 2.16. The number of rotatable bonds is 4. The van der Waals surface area contributed by atoms with Crippen molar-refractivity contribution in [3.05, 3.63) is 70.5 Å². The maximum Gasteiger partial charge on any atom is 0.335 e. The van der Waals surface area contributed by atoms with Gasteiger partial charge in [0.2, 0.25) is 0 Å².